The average molecular weight is 335 g/mol. The van der Waals surface area contributed by atoms with Gasteiger partial charge in [-0.25, -0.2) is 0 Å². The van der Waals surface area contributed by atoms with Gasteiger partial charge in [-0.15, -0.1) is 10.2 Å². The van der Waals surface area contributed by atoms with Crippen LogP contribution in [0.5, 0.6) is 5.75 Å². The molecule has 3 aromatic rings. The Morgan fingerprint density at radius 1 is 1.16 bits per heavy atom. The van der Waals surface area contributed by atoms with Gasteiger partial charge < -0.3 is 14.1 Å². The van der Waals surface area contributed by atoms with E-state index in [0.29, 0.717) is 24.1 Å². The molecule has 2 heterocycles. The van der Waals surface area contributed by atoms with Gasteiger partial charge in [-0.2, -0.15) is 0 Å². The van der Waals surface area contributed by atoms with Crippen LogP contribution >= 0.6 is 0 Å². The van der Waals surface area contributed by atoms with E-state index in [4.69, 9.17) is 9.15 Å². The summed E-state index contributed by atoms with van der Waals surface area (Å²) in [5, 5.41) is 7.78. The number of benzene rings is 2. The standard InChI is InChI=1S/C19H17N3O3/c1-13-20-21-19(25-13)15-6-8-16(9-7-15)24-12-18(23)22-11-10-14-4-2-3-5-17(14)22/h2-9H,10-12H2,1H3. The van der Waals surface area contributed by atoms with Crippen LogP contribution in [-0.2, 0) is 11.2 Å². The molecule has 6 heteroatoms. The van der Waals surface area contributed by atoms with Crippen LogP contribution in [-0.4, -0.2) is 29.3 Å². The Labute approximate surface area is 145 Å². The van der Waals surface area contributed by atoms with E-state index in [9.17, 15) is 4.79 Å². The van der Waals surface area contributed by atoms with Crippen molar-refractivity contribution >= 4 is 11.6 Å². The summed E-state index contributed by atoms with van der Waals surface area (Å²) in [6, 6.07) is 15.2. The van der Waals surface area contributed by atoms with Crippen molar-refractivity contribution in [2.45, 2.75) is 13.3 Å². The van der Waals surface area contributed by atoms with Gasteiger partial charge in [0.15, 0.2) is 6.61 Å². The predicted octanol–water partition coefficient (Wildman–Crippen LogP) is 3.01. The summed E-state index contributed by atoms with van der Waals surface area (Å²) in [5.74, 6) is 1.57. The first-order chi connectivity index (χ1) is 12.2. The van der Waals surface area contributed by atoms with Gasteiger partial charge >= 0.3 is 0 Å². The molecule has 0 aliphatic carbocycles. The minimum Gasteiger partial charge on any atom is -0.484 e. The van der Waals surface area contributed by atoms with Gasteiger partial charge in [0.25, 0.3) is 5.91 Å². The molecule has 0 fully saturated rings. The lowest BCUT2D eigenvalue weighted by Gasteiger charge is -2.17. The highest BCUT2D eigenvalue weighted by Gasteiger charge is 2.24. The minimum absolute atomic E-state index is 0.00729. The quantitative estimate of drug-likeness (QED) is 0.733. The molecule has 1 aliphatic heterocycles. The van der Waals surface area contributed by atoms with E-state index >= 15 is 0 Å². The Kier molecular flexibility index (Phi) is 3.93. The van der Waals surface area contributed by atoms with E-state index in [-0.39, 0.29) is 12.5 Å². The molecular formula is C19H17N3O3. The highest BCUT2D eigenvalue weighted by atomic mass is 16.5. The molecule has 1 amide bonds. The third-order valence-corrected chi connectivity index (χ3v) is 4.18. The van der Waals surface area contributed by atoms with Crippen LogP contribution in [0.25, 0.3) is 11.5 Å². The Bertz CT molecular complexity index is 902. The molecule has 1 aliphatic rings. The second-order valence-electron chi connectivity index (χ2n) is 5.86. The van der Waals surface area contributed by atoms with Crippen LogP contribution in [0.4, 0.5) is 5.69 Å². The number of hydrogen-bond acceptors (Lipinski definition) is 5. The van der Waals surface area contributed by atoms with Crippen molar-refractivity contribution in [3.8, 4) is 17.2 Å². The minimum atomic E-state index is -0.0402. The molecule has 126 valence electrons. The second kappa shape index (κ2) is 6.39. The number of amides is 1. The van der Waals surface area contributed by atoms with Crippen LogP contribution in [0.2, 0.25) is 0 Å². The van der Waals surface area contributed by atoms with Gasteiger partial charge in [0, 0.05) is 24.7 Å². The van der Waals surface area contributed by atoms with Crippen molar-refractivity contribution in [3.05, 3.63) is 60.0 Å². The lowest BCUT2D eigenvalue weighted by molar-refractivity contribution is -0.120. The Hall–Kier alpha value is -3.15. The Morgan fingerprint density at radius 3 is 2.72 bits per heavy atom. The zero-order valence-corrected chi connectivity index (χ0v) is 13.8. The lowest BCUT2D eigenvalue weighted by atomic mass is 10.2. The number of hydrogen-bond donors (Lipinski definition) is 0. The van der Waals surface area contributed by atoms with Crippen LogP contribution in [0.1, 0.15) is 11.5 Å². The number of para-hydroxylation sites is 1. The Morgan fingerprint density at radius 2 is 1.96 bits per heavy atom. The van der Waals surface area contributed by atoms with E-state index in [0.717, 1.165) is 17.7 Å². The monoisotopic (exact) mass is 335 g/mol. The maximum absolute atomic E-state index is 12.4. The highest BCUT2D eigenvalue weighted by molar-refractivity contribution is 5.96. The fourth-order valence-electron chi connectivity index (χ4n) is 2.93. The maximum Gasteiger partial charge on any atom is 0.264 e. The van der Waals surface area contributed by atoms with Gasteiger partial charge in [-0.1, -0.05) is 18.2 Å². The normalized spacial score (nSPS) is 12.9. The number of aryl methyl sites for hydroxylation is 1. The first-order valence-corrected chi connectivity index (χ1v) is 8.12. The molecule has 1 aromatic heterocycles. The van der Waals surface area contributed by atoms with Crippen molar-refractivity contribution in [2.24, 2.45) is 0 Å². The van der Waals surface area contributed by atoms with E-state index in [1.807, 2.05) is 30.3 Å². The number of aromatic nitrogens is 2. The fraction of sp³-hybridized carbons (Fsp3) is 0.211. The van der Waals surface area contributed by atoms with E-state index in [1.54, 1.807) is 24.0 Å². The number of fused-ring (bicyclic) bond motifs is 1. The second-order valence-corrected chi connectivity index (χ2v) is 5.86. The van der Waals surface area contributed by atoms with Crippen LogP contribution in [0, 0.1) is 6.92 Å². The van der Waals surface area contributed by atoms with Crippen molar-refractivity contribution in [1.82, 2.24) is 10.2 Å². The number of carbonyl (C=O) groups is 1. The van der Waals surface area contributed by atoms with Gasteiger partial charge in [0.2, 0.25) is 11.8 Å². The molecule has 0 saturated carbocycles. The van der Waals surface area contributed by atoms with E-state index in [1.165, 1.54) is 5.56 Å². The molecule has 25 heavy (non-hydrogen) atoms. The SMILES string of the molecule is Cc1nnc(-c2ccc(OCC(=O)N3CCc4ccccc43)cc2)o1. The van der Waals surface area contributed by atoms with Crippen LogP contribution in [0.3, 0.4) is 0 Å². The molecule has 4 rings (SSSR count). The van der Waals surface area contributed by atoms with Crippen molar-refractivity contribution < 1.29 is 13.9 Å². The first-order valence-electron chi connectivity index (χ1n) is 8.12. The molecule has 0 atom stereocenters. The summed E-state index contributed by atoms with van der Waals surface area (Å²) in [4.78, 5) is 14.2. The van der Waals surface area contributed by atoms with Crippen LogP contribution in [0.15, 0.2) is 52.9 Å². The summed E-state index contributed by atoms with van der Waals surface area (Å²) in [7, 11) is 0. The third kappa shape index (κ3) is 3.10. The molecule has 0 unspecified atom stereocenters. The number of ether oxygens (including phenoxy) is 1. The van der Waals surface area contributed by atoms with E-state index in [2.05, 4.69) is 16.3 Å². The predicted molar refractivity (Wildman–Crippen MR) is 92.5 cm³/mol. The lowest BCUT2D eigenvalue weighted by Crippen LogP contribution is -2.33. The molecule has 6 nitrogen and oxygen atoms in total. The van der Waals surface area contributed by atoms with Gasteiger partial charge in [0.1, 0.15) is 5.75 Å². The molecule has 0 spiro atoms. The van der Waals surface area contributed by atoms with Gasteiger partial charge in [0.05, 0.1) is 0 Å². The van der Waals surface area contributed by atoms with Crippen molar-refractivity contribution in [2.75, 3.05) is 18.1 Å². The maximum atomic E-state index is 12.4. The zero-order chi connectivity index (χ0) is 17.2. The fourth-order valence-corrected chi connectivity index (χ4v) is 2.93. The summed E-state index contributed by atoms with van der Waals surface area (Å²) in [6.45, 7) is 2.46. The molecule has 2 aromatic carbocycles. The molecule has 0 saturated heterocycles. The molecule has 0 radical (unpaired) electrons. The number of rotatable bonds is 4. The topological polar surface area (TPSA) is 68.5 Å². The number of anilines is 1. The summed E-state index contributed by atoms with van der Waals surface area (Å²) in [6.07, 6.45) is 0.889. The largest absolute Gasteiger partial charge is 0.484 e. The molecule has 0 N–H and O–H groups in total. The van der Waals surface area contributed by atoms with Crippen molar-refractivity contribution in [1.29, 1.82) is 0 Å². The van der Waals surface area contributed by atoms with E-state index < -0.39 is 0 Å². The van der Waals surface area contributed by atoms with Crippen LogP contribution < -0.4 is 9.64 Å². The average Bonchev–Trinajstić information content (AvgIpc) is 3.26. The first kappa shape index (κ1) is 15.4. The molecular weight excluding hydrogens is 318 g/mol. The number of carbonyl (C=O) groups excluding carboxylic acids is 1. The van der Waals surface area contributed by atoms with Crippen molar-refractivity contribution in [3.63, 3.8) is 0 Å². The zero-order valence-electron chi connectivity index (χ0n) is 13.8. The van der Waals surface area contributed by atoms with Gasteiger partial charge in [-0.3, -0.25) is 4.79 Å². The molecule has 0 bridgehead atoms. The van der Waals surface area contributed by atoms with Gasteiger partial charge in [-0.05, 0) is 42.3 Å². The smallest absolute Gasteiger partial charge is 0.264 e. The summed E-state index contributed by atoms with van der Waals surface area (Å²) in [5.41, 5.74) is 3.00. The number of nitrogens with zero attached hydrogens (tertiary/aromatic N) is 3. The third-order valence-electron chi connectivity index (χ3n) is 4.18. The summed E-state index contributed by atoms with van der Waals surface area (Å²) >= 11 is 0. The highest BCUT2D eigenvalue weighted by Crippen LogP contribution is 2.27. The Balaban J connectivity index is 1.39. The summed E-state index contributed by atoms with van der Waals surface area (Å²) < 4.78 is 11.0.